The Hall–Kier alpha value is -1.55. The highest BCUT2D eigenvalue weighted by Gasteiger charge is 2.13. The summed E-state index contributed by atoms with van der Waals surface area (Å²) >= 11 is 0. The monoisotopic (exact) mass is 208 g/mol. The molecule has 4 N–H and O–H groups in total. The third-order valence-corrected chi connectivity index (χ3v) is 2.21. The van der Waals surface area contributed by atoms with Gasteiger partial charge in [-0.3, -0.25) is 4.79 Å². The number of hydrogen-bond donors (Lipinski definition) is 3. The molecule has 15 heavy (non-hydrogen) atoms. The van der Waals surface area contributed by atoms with Gasteiger partial charge in [0.2, 0.25) is 0 Å². The van der Waals surface area contributed by atoms with Crippen LogP contribution in [0.2, 0.25) is 0 Å². The maximum Gasteiger partial charge on any atom is 0.255 e. The molecule has 0 radical (unpaired) electrons. The number of phenols is 1. The van der Waals surface area contributed by atoms with Gasteiger partial charge in [-0.15, -0.1) is 0 Å². The smallest absolute Gasteiger partial charge is 0.255 e. The minimum Gasteiger partial charge on any atom is -0.507 e. The summed E-state index contributed by atoms with van der Waals surface area (Å²) in [6, 6.07) is 4.97. The summed E-state index contributed by atoms with van der Waals surface area (Å²) in [5.41, 5.74) is 6.36. The van der Waals surface area contributed by atoms with Gasteiger partial charge in [-0.1, -0.05) is 12.1 Å². The number of benzene rings is 1. The molecular weight excluding hydrogens is 192 g/mol. The lowest BCUT2D eigenvalue weighted by atomic mass is 10.1. The van der Waals surface area contributed by atoms with Crippen LogP contribution in [0.1, 0.15) is 22.8 Å². The molecule has 4 nitrogen and oxygen atoms in total. The number of rotatable bonds is 3. The predicted molar refractivity (Wildman–Crippen MR) is 58.8 cm³/mol. The molecular formula is C11H16N2O2. The number of nitrogens with two attached hydrogens (primary N) is 1. The van der Waals surface area contributed by atoms with Gasteiger partial charge in [-0.25, -0.2) is 0 Å². The maximum atomic E-state index is 11.7. The number of para-hydroxylation sites is 1. The van der Waals surface area contributed by atoms with Gasteiger partial charge in [-0.05, 0) is 25.5 Å². The second-order valence-electron chi connectivity index (χ2n) is 3.58. The van der Waals surface area contributed by atoms with Crippen molar-refractivity contribution in [3.63, 3.8) is 0 Å². The molecule has 1 atom stereocenters. The van der Waals surface area contributed by atoms with Crippen molar-refractivity contribution in [3.8, 4) is 5.75 Å². The number of aryl methyl sites for hydroxylation is 1. The number of aromatic hydroxyl groups is 1. The molecule has 0 bridgehead atoms. The number of hydrogen-bond acceptors (Lipinski definition) is 3. The minimum absolute atomic E-state index is 0.0271. The number of amides is 1. The summed E-state index contributed by atoms with van der Waals surface area (Å²) in [6.45, 7) is 3.93. The Balaban J connectivity index is 2.87. The van der Waals surface area contributed by atoms with E-state index in [2.05, 4.69) is 5.32 Å². The van der Waals surface area contributed by atoms with Crippen LogP contribution in [0.5, 0.6) is 5.75 Å². The highest BCUT2D eigenvalue weighted by atomic mass is 16.3. The van der Waals surface area contributed by atoms with Gasteiger partial charge < -0.3 is 16.2 Å². The lowest BCUT2D eigenvalue weighted by Crippen LogP contribution is -2.37. The molecule has 0 heterocycles. The van der Waals surface area contributed by atoms with E-state index in [0.29, 0.717) is 12.1 Å². The van der Waals surface area contributed by atoms with Gasteiger partial charge in [0.25, 0.3) is 5.91 Å². The molecule has 0 aliphatic heterocycles. The molecule has 4 heteroatoms. The molecule has 0 fully saturated rings. The van der Waals surface area contributed by atoms with E-state index in [-0.39, 0.29) is 23.3 Å². The zero-order chi connectivity index (χ0) is 11.4. The SMILES string of the molecule is Cc1cccc(C(=O)N[C@H](C)CN)c1O. The van der Waals surface area contributed by atoms with E-state index in [0.717, 1.165) is 0 Å². The molecule has 0 aromatic heterocycles. The van der Waals surface area contributed by atoms with Crippen LogP contribution in [0.3, 0.4) is 0 Å². The second-order valence-corrected chi connectivity index (χ2v) is 3.58. The topological polar surface area (TPSA) is 75.4 Å². The van der Waals surface area contributed by atoms with E-state index < -0.39 is 0 Å². The number of nitrogens with one attached hydrogen (secondary N) is 1. The van der Waals surface area contributed by atoms with Crippen LogP contribution in [-0.4, -0.2) is 23.6 Å². The summed E-state index contributed by atoms with van der Waals surface area (Å²) in [7, 11) is 0. The fourth-order valence-electron chi connectivity index (χ4n) is 1.20. The number of carbonyl (C=O) groups excluding carboxylic acids is 1. The van der Waals surface area contributed by atoms with Crippen LogP contribution in [0.15, 0.2) is 18.2 Å². The van der Waals surface area contributed by atoms with Crippen molar-refractivity contribution >= 4 is 5.91 Å². The van der Waals surface area contributed by atoms with Crippen LogP contribution in [-0.2, 0) is 0 Å². The minimum atomic E-state index is -0.297. The quantitative estimate of drug-likeness (QED) is 0.687. The van der Waals surface area contributed by atoms with Gasteiger partial charge in [0.15, 0.2) is 0 Å². The van der Waals surface area contributed by atoms with E-state index in [1.165, 1.54) is 0 Å². The van der Waals surface area contributed by atoms with Gasteiger partial charge >= 0.3 is 0 Å². The molecule has 0 spiro atoms. The van der Waals surface area contributed by atoms with E-state index in [1.807, 2.05) is 6.92 Å². The van der Waals surface area contributed by atoms with Crippen LogP contribution in [0.25, 0.3) is 0 Å². The van der Waals surface area contributed by atoms with E-state index in [4.69, 9.17) is 5.73 Å². The Kier molecular flexibility index (Phi) is 3.68. The largest absolute Gasteiger partial charge is 0.507 e. The zero-order valence-corrected chi connectivity index (χ0v) is 8.95. The normalized spacial score (nSPS) is 12.2. The summed E-state index contributed by atoms with van der Waals surface area (Å²) in [6.07, 6.45) is 0. The molecule has 1 rings (SSSR count). The summed E-state index contributed by atoms with van der Waals surface area (Å²) in [4.78, 5) is 11.7. The maximum absolute atomic E-state index is 11.7. The predicted octanol–water partition coefficient (Wildman–Crippen LogP) is 0.778. The second kappa shape index (κ2) is 4.79. The van der Waals surface area contributed by atoms with E-state index in [9.17, 15) is 9.90 Å². The van der Waals surface area contributed by atoms with Crippen LogP contribution >= 0.6 is 0 Å². The lowest BCUT2D eigenvalue weighted by Gasteiger charge is -2.12. The molecule has 0 saturated carbocycles. The molecule has 1 aromatic carbocycles. The van der Waals surface area contributed by atoms with Crippen molar-refractivity contribution in [2.45, 2.75) is 19.9 Å². The Labute approximate surface area is 89.1 Å². The van der Waals surface area contributed by atoms with Gasteiger partial charge in [0.05, 0.1) is 5.56 Å². The Bertz CT molecular complexity index is 364. The van der Waals surface area contributed by atoms with Gasteiger partial charge in [0, 0.05) is 12.6 Å². The van der Waals surface area contributed by atoms with Crippen LogP contribution < -0.4 is 11.1 Å². The van der Waals surface area contributed by atoms with Crippen molar-refractivity contribution in [3.05, 3.63) is 29.3 Å². The fourth-order valence-corrected chi connectivity index (χ4v) is 1.20. The first-order valence-electron chi connectivity index (χ1n) is 4.85. The molecule has 0 saturated heterocycles. The number of carbonyl (C=O) groups is 1. The van der Waals surface area contributed by atoms with E-state index >= 15 is 0 Å². The van der Waals surface area contributed by atoms with Crippen molar-refractivity contribution in [1.29, 1.82) is 0 Å². The standard InChI is InChI=1S/C11H16N2O2/c1-7-4-3-5-9(10(7)14)11(15)13-8(2)6-12/h3-5,8,14H,6,12H2,1-2H3,(H,13,15)/t8-/m1/s1. The summed E-state index contributed by atoms with van der Waals surface area (Å²) in [5, 5.41) is 12.4. The summed E-state index contributed by atoms with van der Waals surface area (Å²) in [5.74, 6) is -0.270. The average Bonchev–Trinajstić information content (AvgIpc) is 2.21. The first-order chi connectivity index (χ1) is 7.06. The lowest BCUT2D eigenvalue weighted by molar-refractivity contribution is 0.0938. The van der Waals surface area contributed by atoms with Crippen molar-refractivity contribution in [1.82, 2.24) is 5.32 Å². The Morgan fingerprint density at radius 3 is 2.87 bits per heavy atom. The fraction of sp³-hybridized carbons (Fsp3) is 0.364. The van der Waals surface area contributed by atoms with Crippen molar-refractivity contribution < 1.29 is 9.90 Å². The highest BCUT2D eigenvalue weighted by molar-refractivity contribution is 5.97. The third kappa shape index (κ3) is 2.70. The molecule has 1 aromatic rings. The molecule has 1 amide bonds. The average molecular weight is 208 g/mol. The molecule has 0 aliphatic carbocycles. The highest BCUT2D eigenvalue weighted by Crippen LogP contribution is 2.21. The molecule has 82 valence electrons. The zero-order valence-electron chi connectivity index (χ0n) is 8.95. The van der Waals surface area contributed by atoms with Crippen LogP contribution in [0.4, 0.5) is 0 Å². The molecule has 0 unspecified atom stereocenters. The molecule has 0 aliphatic rings. The van der Waals surface area contributed by atoms with Crippen molar-refractivity contribution in [2.24, 2.45) is 5.73 Å². The third-order valence-electron chi connectivity index (χ3n) is 2.21. The van der Waals surface area contributed by atoms with Gasteiger partial charge in [-0.2, -0.15) is 0 Å². The first-order valence-corrected chi connectivity index (χ1v) is 4.85. The Morgan fingerprint density at radius 2 is 2.27 bits per heavy atom. The van der Waals surface area contributed by atoms with Crippen LogP contribution in [0, 0.1) is 6.92 Å². The first kappa shape index (κ1) is 11.5. The Morgan fingerprint density at radius 1 is 1.60 bits per heavy atom. The summed E-state index contributed by atoms with van der Waals surface area (Å²) < 4.78 is 0. The van der Waals surface area contributed by atoms with E-state index in [1.54, 1.807) is 25.1 Å². The van der Waals surface area contributed by atoms with Gasteiger partial charge in [0.1, 0.15) is 5.75 Å². The number of phenolic OH excluding ortho intramolecular Hbond substituents is 1. The van der Waals surface area contributed by atoms with Crippen molar-refractivity contribution in [2.75, 3.05) is 6.54 Å².